The van der Waals surface area contributed by atoms with Gasteiger partial charge < -0.3 is 0 Å². The molecule has 0 radical (unpaired) electrons. The second-order valence-electron chi connectivity index (χ2n) is 3.88. The van der Waals surface area contributed by atoms with Gasteiger partial charge in [0.15, 0.2) is 0 Å². The van der Waals surface area contributed by atoms with Crippen LogP contribution in [0, 0.1) is 10.1 Å². The quantitative estimate of drug-likeness (QED) is 0.460. The Bertz CT molecular complexity index is 564. The van der Waals surface area contributed by atoms with Gasteiger partial charge >= 0.3 is 0 Å². The summed E-state index contributed by atoms with van der Waals surface area (Å²) in [7, 11) is 0. The van der Waals surface area contributed by atoms with Gasteiger partial charge in [-0.15, -0.1) is 11.8 Å². The van der Waals surface area contributed by atoms with Gasteiger partial charge in [-0.05, 0) is 17.7 Å². The van der Waals surface area contributed by atoms with Crippen LogP contribution in [0.5, 0.6) is 0 Å². The van der Waals surface area contributed by atoms with Crippen molar-refractivity contribution in [3.63, 3.8) is 0 Å². The number of rotatable bonds is 5. The van der Waals surface area contributed by atoms with Crippen molar-refractivity contribution in [3.05, 3.63) is 76.4 Å². The molecule has 0 amide bonds. The Morgan fingerprint density at radius 1 is 1.05 bits per heavy atom. The molecule has 96 valence electrons. The number of hydrogen-bond donors (Lipinski definition) is 0. The van der Waals surface area contributed by atoms with Crippen molar-refractivity contribution in [2.75, 3.05) is 5.75 Å². The first-order valence-electron chi connectivity index (χ1n) is 5.84. The number of non-ortho nitro benzene ring substituents is 1. The summed E-state index contributed by atoms with van der Waals surface area (Å²) < 4.78 is 0. The zero-order valence-electron chi connectivity index (χ0n) is 10.2. The molecule has 0 aliphatic rings. The summed E-state index contributed by atoms with van der Waals surface area (Å²) in [5.74, 6) is 0.840. The van der Waals surface area contributed by atoms with Gasteiger partial charge in [0.25, 0.3) is 5.69 Å². The molecule has 0 bridgehead atoms. The van der Waals surface area contributed by atoms with Gasteiger partial charge in [-0.2, -0.15) is 0 Å². The van der Waals surface area contributed by atoms with Crippen molar-refractivity contribution in [2.24, 2.45) is 0 Å². The van der Waals surface area contributed by atoms with E-state index in [4.69, 9.17) is 0 Å². The number of nitro benzene ring substituents is 1. The zero-order chi connectivity index (χ0) is 13.5. The number of thioether (sulfide) groups is 1. The third kappa shape index (κ3) is 4.26. The standard InChI is InChI=1S/C15H13NO2S/c17-16(18)14-8-10-15(11-9-14)19-12-4-7-13-5-2-1-3-6-13/h1-11H,12H2/b7-4+. The van der Waals surface area contributed by atoms with Crippen LogP contribution >= 0.6 is 11.8 Å². The predicted molar refractivity (Wildman–Crippen MR) is 79.3 cm³/mol. The van der Waals surface area contributed by atoms with Crippen LogP contribution in [0.3, 0.4) is 0 Å². The minimum Gasteiger partial charge on any atom is -0.258 e. The Labute approximate surface area is 116 Å². The van der Waals surface area contributed by atoms with Crippen LogP contribution in [-0.2, 0) is 0 Å². The first-order chi connectivity index (χ1) is 9.25. The summed E-state index contributed by atoms with van der Waals surface area (Å²) in [4.78, 5) is 11.2. The van der Waals surface area contributed by atoms with E-state index in [0.717, 1.165) is 10.6 Å². The molecule has 2 rings (SSSR count). The molecule has 0 atom stereocenters. The molecule has 2 aromatic rings. The molecule has 0 unspecified atom stereocenters. The summed E-state index contributed by atoms with van der Waals surface area (Å²) in [6.45, 7) is 0. The Morgan fingerprint density at radius 3 is 2.37 bits per heavy atom. The summed E-state index contributed by atoms with van der Waals surface area (Å²) in [6.07, 6.45) is 4.15. The maximum atomic E-state index is 10.5. The third-order valence-electron chi connectivity index (χ3n) is 2.50. The number of nitro groups is 1. The molecule has 0 N–H and O–H groups in total. The highest BCUT2D eigenvalue weighted by Crippen LogP contribution is 2.21. The van der Waals surface area contributed by atoms with Crippen molar-refractivity contribution in [2.45, 2.75) is 4.90 Å². The second-order valence-corrected chi connectivity index (χ2v) is 4.97. The summed E-state index contributed by atoms with van der Waals surface area (Å²) in [5, 5.41) is 10.5. The predicted octanol–water partition coefficient (Wildman–Crippen LogP) is 4.40. The van der Waals surface area contributed by atoms with E-state index < -0.39 is 0 Å². The van der Waals surface area contributed by atoms with E-state index in [9.17, 15) is 10.1 Å². The van der Waals surface area contributed by atoms with Gasteiger partial charge in [-0.25, -0.2) is 0 Å². The van der Waals surface area contributed by atoms with Crippen molar-refractivity contribution >= 4 is 23.5 Å². The Balaban J connectivity index is 1.86. The maximum absolute atomic E-state index is 10.5. The first-order valence-corrected chi connectivity index (χ1v) is 6.83. The topological polar surface area (TPSA) is 43.1 Å². The molecule has 19 heavy (non-hydrogen) atoms. The molecule has 0 spiro atoms. The average molecular weight is 271 g/mol. The monoisotopic (exact) mass is 271 g/mol. The lowest BCUT2D eigenvalue weighted by Gasteiger charge is -1.97. The Morgan fingerprint density at radius 2 is 1.74 bits per heavy atom. The molecule has 0 aliphatic carbocycles. The van der Waals surface area contributed by atoms with Crippen LogP contribution in [-0.4, -0.2) is 10.7 Å². The molecule has 2 aromatic carbocycles. The van der Waals surface area contributed by atoms with Crippen molar-refractivity contribution in [3.8, 4) is 0 Å². The zero-order valence-corrected chi connectivity index (χ0v) is 11.0. The highest BCUT2D eigenvalue weighted by molar-refractivity contribution is 7.99. The second kappa shape index (κ2) is 6.75. The van der Waals surface area contributed by atoms with E-state index in [2.05, 4.69) is 12.2 Å². The van der Waals surface area contributed by atoms with E-state index in [0.29, 0.717) is 0 Å². The fourth-order valence-electron chi connectivity index (χ4n) is 1.56. The van der Waals surface area contributed by atoms with Crippen LogP contribution in [0.1, 0.15) is 5.56 Å². The van der Waals surface area contributed by atoms with Crippen LogP contribution < -0.4 is 0 Å². The molecular formula is C15H13NO2S. The molecule has 0 saturated heterocycles. The van der Waals surface area contributed by atoms with E-state index >= 15 is 0 Å². The lowest BCUT2D eigenvalue weighted by molar-refractivity contribution is -0.384. The summed E-state index contributed by atoms with van der Waals surface area (Å²) >= 11 is 1.65. The third-order valence-corrected chi connectivity index (χ3v) is 3.47. The minimum atomic E-state index is -0.385. The fourth-order valence-corrected chi connectivity index (χ4v) is 2.27. The fraction of sp³-hybridized carbons (Fsp3) is 0.0667. The van der Waals surface area contributed by atoms with Gasteiger partial charge in [0.2, 0.25) is 0 Å². The van der Waals surface area contributed by atoms with Crippen LogP contribution in [0.15, 0.2) is 65.6 Å². The van der Waals surface area contributed by atoms with Gasteiger partial charge in [0, 0.05) is 22.8 Å². The van der Waals surface area contributed by atoms with Crippen molar-refractivity contribution < 1.29 is 4.92 Å². The molecular weight excluding hydrogens is 258 g/mol. The minimum absolute atomic E-state index is 0.129. The highest BCUT2D eigenvalue weighted by atomic mass is 32.2. The number of hydrogen-bond acceptors (Lipinski definition) is 3. The van der Waals surface area contributed by atoms with Gasteiger partial charge in [-0.3, -0.25) is 10.1 Å². The molecule has 0 heterocycles. The van der Waals surface area contributed by atoms with Crippen LogP contribution in [0.4, 0.5) is 5.69 Å². The molecule has 3 nitrogen and oxygen atoms in total. The normalized spacial score (nSPS) is 10.7. The molecule has 0 aliphatic heterocycles. The van der Waals surface area contributed by atoms with Gasteiger partial charge in [-0.1, -0.05) is 42.5 Å². The maximum Gasteiger partial charge on any atom is 0.269 e. The van der Waals surface area contributed by atoms with Gasteiger partial charge in [0.1, 0.15) is 0 Å². The van der Waals surface area contributed by atoms with E-state index in [1.807, 2.05) is 30.3 Å². The van der Waals surface area contributed by atoms with Crippen LogP contribution in [0.25, 0.3) is 6.08 Å². The number of benzene rings is 2. The van der Waals surface area contributed by atoms with E-state index in [-0.39, 0.29) is 10.6 Å². The molecule has 4 heteroatoms. The van der Waals surface area contributed by atoms with Crippen molar-refractivity contribution in [1.29, 1.82) is 0 Å². The van der Waals surface area contributed by atoms with Crippen molar-refractivity contribution in [1.82, 2.24) is 0 Å². The van der Waals surface area contributed by atoms with E-state index in [1.165, 1.54) is 17.7 Å². The van der Waals surface area contributed by atoms with E-state index in [1.54, 1.807) is 23.9 Å². The molecule has 0 saturated carbocycles. The Kier molecular flexibility index (Phi) is 4.75. The average Bonchev–Trinajstić information content (AvgIpc) is 2.45. The smallest absolute Gasteiger partial charge is 0.258 e. The van der Waals surface area contributed by atoms with Crippen LogP contribution in [0.2, 0.25) is 0 Å². The lowest BCUT2D eigenvalue weighted by atomic mass is 10.2. The summed E-state index contributed by atoms with van der Waals surface area (Å²) in [6, 6.07) is 16.7. The number of nitrogens with zero attached hydrogens (tertiary/aromatic N) is 1. The highest BCUT2D eigenvalue weighted by Gasteiger charge is 2.03. The van der Waals surface area contributed by atoms with Gasteiger partial charge in [0.05, 0.1) is 4.92 Å². The Hall–Kier alpha value is -2.07. The largest absolute Gasteiger partial charge is 0.269 e. The molecule has 0 aromatic heterocycles. The summed E-state index contributed by atoms with van der Waals surface area (Å²) in [5.41, 5.74) is 1.30. The first kappa shape index (κ1) is 13.4. The SMILES string of the molecule is O=[N+]([O-])c1ccc(SC/C=C/c2ccccc2)cc1. The lowest BCUT2D eigenvalue weighted by Crippen LogP contribution is -1.86. The molecule has 0 fully saturated rings.